The summed E-state index contributed by atoms with van der Waals surface area (Å²) < 4.78 is 0. The van der Waals surface area contributed by atoms with Gasteiger partial charge in [-0.2, -0.15) is 0 Å². The molecule has 2 N–H and O–H groups in total. The fraction of sp³-hybridized carbons (Fsp3) is 0.250. The van der Waals surface area contributed by atoms with Crippen LogP contribution in [0.5, 0.6) is 0 Å². The van der Waals surface area contributed by atoms with Crippen molar-refractivity contribution in [1.82, 2.24) is 0 Å². The van der Waals surface area contributed by atoms with Gasteiger partial charge in [0.25, 0.3) is 0 Å². The van der Waals surface area contributed by atoms with Crippen LogP contribution in [0.2, 0.25) is 0 Å². The molecule has 0 saturated carbocycles. The van der Waals surface area contributed by atoms with Gasteiger partial charge >= 0.3 is 5.97 Å². The van der Waals surface area contributed by atoms with E-state index in [0.29, 0.717) is 17.7 Å². The van der Waals surface area contributed by atoms with Gasteiger partial charge in [0.2, 0.25) is 6.41 Å². The van der Waals surface area contributed by atoms with Crippen molar-refractivity contribution in [1.29, 1.82) is 0 Å². The second-order valence-electron chi connectivity index (χ2n) is 3.70. The number of rotatable bonds is 6. The van der Waals surface area contributed by atoms with Crippen molar-refractivity contribution in [2.24, 2.45) is 5.92 Å². The Hall–Kier alpha value is -2.17. The summed E-state index contributed by atoms with van der Waals surface area (Å²) in [5.41, 5.74) is 1.03. The molecule has 1 aromatic carbocycles. The summed E-state index contributed by atoms with van der Waals surface area (Å²) >= 11 is 0. The van der Waals surface area contributed by atoms with Crippen molar-refractivity contribution in [2.75, 3.05) is 5.32 Å². The number of carboxylic acids is 1. The molecule has 1 atom stereocenters. The van der Waals surface area contributed by atoms with Gasteiger partial charge in [0, 0.05) is 17.2 Å². The number of carbonyl (C=O) groups excluding carboxylic acids is 2. The van der Waals surface area contributed by atoms with Gasteiger partial charge in [-0.25, -0.2) is 0 Å². The molecule has 0 spiro atoms. The van der Waals surface area contributed by atoms with Gasteiger partial charge in [-0.15, -0.1) is 0 Å². The molecule has 90 valence electrons. The molecule has 0 aromatic heterocycles. The average Bonchev–Trinajstić information content (AvgIpc) is 2.28. The molecule has 0 heterocycles. The zero-order chi connectivity index (χ0) is 12.8. The summed E-state index contributed by atoms with van der Waals surface area (Å²) in [4.78, 5) is 32.5. The highest BCUT2D eigenvalue weighted by Crippen LogP contribution is 2.15. The standard InChI is InChI=1S/C12H13NO4/c1-8(6-11(15)16)12(17)9-2-4-10(5-3-9)13-7-14/h2-5,7-8H,6H2,1H3,(H,13,14)(H,15,16). The fourth-order valence-electron chi connectivity index (χ4n) is 1.44. The summed E-state index contributed by atoms with van der Waals surface area (Å²) in [5, 5.41) is 11.0. The van der Waals surface area contributed by atoms with Crippen LogP contribution in [0.15, 0.2) is 24.3 Å². The third kappa shape index (κ3) is 3.71. The quantitative estimate of drug-likeness (QED) is 0.578. The van der Waals surface area contributed by atoms with E-state index in [4.69, 9.17) is 5.11 Å². The van der Waals surface area contributed by atoms with E-state index in [1.54, 1.807) is 31.2 Å². The highest BCUT2D eigenvalue weighted by Gasteiger charge is 2.17. The first-order valence-electron chi connectivity index (χ1n) is 5.11. The number of hydrogen-bond acceptors (Lipinski definition) is 3. The Morgan fingerprint density at radius 2 is 1.94 bits per heavy atom. The van der Waals surface area contributed by atoms with E-state index < -0.39 is 11.9 Å². The number of nitrogens with one attached hydrogen (secondary N) is 1. The van der Waals surface area contributed by atoms with Crippen molar-refractivity contribution >= 4 is 23.9 Å². The Kier molecular flexibility index (Phi) is 4.39. The molecule has 0 radical (unpaired) electrons. The molecule has 0 aliphatic heterocycles. The molecule has 0 saturated heterocycles. The predicted octanol–water partition coefficient (Wildman–Crippen LogP) is 1.55. The van der Waals surface area contributed by atoms with E-state index in [1.165, 1.54) is 0 Å². The molecule has 0 aliphatic carbocycles. The molecule has 5 nitrogen and oxygen atoms in total. The minimum Gasteiger partial charge on any atom is -0.481 e. The van der Waals surface area contributed by atoms with Crippen LogP contribution < -0.4 is 5.32 Å². The molecular formula is C12H13NO4. The molecule has 0 fully saturated rings. The number of ketones is 1. The Bertz CT molecular complexity index is 425. The largest absolute Gasteiger partial charge is 0.481 e. The molecule has 1 rings (SSSR count). The van der Waals surface area contributed by atoms with Crippen LogP contribution in [0.25, 0.3) is 0 Å². The average molecular weight is 235 g/mol. The topological polar surface area (TPSA) is 83.5 Å². The monoisotopic (exact) mass is 235 g/mol. The lowest BCUT2D eigenvalue weighted by molar-refractivity contribution is -0.137. The number of carboxylic acid groups (broad SMARTS) is 1. The minimum atomic E-state index is -0.995. The van der Waals surface area contributed by atoms with E-state index in [9.17, 15) is 14.4 Å². The van der Waals surface area contributed by atoms with E-state index in [-0.39, 0.29) is 12.2 Å². The van der Waals surface area contributed by atoms with E-state index in [2.05, 4.69) is 5.32 Å². The summed E-state index contributed by atoms with van der Waals surface area (Å²) in [7, 11) is 0. The lowest BCUT2D eigenvalue weighted by Gasteiger charge is -2.08. The first kappa shape index (κ1) is 12.9. The van der Waals surface area contributed by atoms with Crippen LogP contribution in [0, 0.1) is 5.92 Å². The van der Waals surface area contributed by atoms with Crippen molar-refractivity contribution in [3.05, 3.63) is 29.8 Å². The number of Topliss-reactive ketones (excluding diaryl/α,β-unsaturated/α-hetero) is 1. The normalized spacial score (nSPS) is 11.6. The SMILES string of the molecule is CC(CC(=O)O)C(=O)c1ccc(NC=O)cc1. The van der Waals surface area contributed by atoms with Crippen molar-refractivity contribution in [3.8, 4) is 0 Å². The first-order valence-corrected chi connectivity index (χ1v) is 5.11. The van der Waals surface area contributed by atoms with E-state index in [0.717, 1.165) is 0 Å². The smallest absolute Gasteiger partial charge is 0.304 e. The molecule has 0 bridgehead atoms. The third-order valence-corrected chi connectivity index (χ3v) is 2.32. The van der Waals surface area contributed by atoms with Gasteiger partial charge in [0.05, 0.1) is 6.42 Å². The summed E-state index contributed by atoms with van der Waals surface area (Å²) in [6, 6.07) is 6.31. The van der Waals surface area contributed by atoms with Gasteiger partial charge in [0.1, 0.15) is 0 Å². The van der Waals surface area contributed by atoms with Gasteiger partial charge in [-0.3, -0.25) is 14.4 Å². The molecule has 17 heavy (non-hydrogen) atoms. The van der Waals surface area contributed by atoms with Crippen LogP contribution >= 0.6 is 0 Å². The molecule has 1 unspecified atom stereocenters. The zero-order valence-electron chi connectivity index (χ0n) is 9.34. The second-order valence-corrected chi connectivity index (χ2v) is 3.70. The second kappa shape index (κ2) is 5.79. The Balaban J connectivity index is 2.75. The lowest BCUT2D eigenvalue weighted by atomic mass is 9.96. The highest BCUT2D eigenvalue weighted by atomic mass is 16.4. The van der Waals surface area contributed by atoms with Crippen LogP contribution in [0.4, 0.5) is 5.69 Å². The molecule has 0 aliphatic rings. The number of carbonyl (C=O) groups is 3. The Morgan fingerprint density at radius 3 is 2.41 bits per heavy atom. The first-order chi connectivity index (χ1) is 8.04. The van der Waals surface area contributed by atoms with Crippen LogP contribution in [-0.4, -0.2) is 23.3 Å². The number of benzene rings is 1. The maximum atomic E-state index is 11.8. The fourth-order valence-corrected chi connectivity index (χ4v) is 1.44. The van der Waals surface area contributed by atoms with E-state index in [1.807, 2.05) is 0 Å². The Labute approximate surface area is 98.4 Å². The third-order valence-electron chi connectivity index (χ3n) is 2.32. The van der Waals surface area contributed by atoms with Crippen molar-refractivity contribution < 1.29 is 19.5 Å². The van der Waals surface area contributed by atoms with Gasteiger partial charge in [-0.1, -0.05) is 6.92 Å². The lowest BCUT2D eigenvalue weighted by Crippen LogP contribution is -2.15. The summed E-state index contributed by atoms with van der Waals surface area (Å²) in [5.74, 6) is -1.77. The highest BCUT2D eigenvalue weighted by molar-refractivity contribution is 5.99. The maximum Gasteiger partial charge on any atom is 0.304 e. The van der Waals surface area contributed by atoms with E-state index >= 15 is 0 Å². The minimum absolute atomic E-state index is 0.187. The van der Waals surface area contributed by atoms with Crippen LogP contribution in [0.3, 0.4) is 0 Å². The van der Waals surface area contributed by atoms with Gasteiger partial charge in [0.15, 0.2) is 5.78 Å². The number of amides is 1. The van der Waals surface area contributed by atoms with Gasteiger partial charge in [-0.05, 0) is 24.3 Å². The molecule has 1 aromatic rings. The zero-order valence-corrected chi connectivity index (χ0v) is 9.34. The molecular weight excluding hydrogens is 222 g/mol. The molecule has 1 amide bonds. The van der Waals surface area contributed by atoms with Crippen LogP contribution in [-0.2, 0) is 9.59 Å². The van der Waals surface area contributed by atoms with Crippen molar-refractivity contribution in [2.45, 2.75) is 13.3 Å². The maximum absolute atomic E-state index is 11.8. The summed E-state index contributed by atoms with van der Waals surface area (Å²) in [6.07, 6.45) is 0.358. The molecule has 5 heteroatoms. The summed E-state index contributed by atoms with van der Waals surface area (Å²) in [6.45, 7) is 1.58. The number of aliphatic carboxylic acids is 1. The Morgan fingerprint density at radius 1 is 1.35 bits per heavy atom. The predicted molar refractivity (Wildman–Crippen MR) is 61.9 cm³/mol. The van der Waals surface area contributed by atoms with Gasteiger partial charge < -0.3 is 10.4 Å². The van der Waals surface area contributed by atoms with Crippen molar-refractivity contribution in [3.63, 3.8) is 0 Å². The van der Waals surface area contributed by atoms with Crippen LogP contribution in [0.1, 0.15) is 23.7 Å². The number of anilines is 1. The number of hydrogen-bond donors (Lipinski definition) is 2.